The Hall–Kier alpha value is -7.94. The molecule has 0 aliphatic heterocycles. The minimum absolute atomic E-state index is 0.472. The van der Waals surface area contributed by atoms with Crippen molar-refractivity contribution in [1.82, 2.24) is 9.97 Å². The van der Waals surface area contributed by atoms with Gasteiger partial charge in [-0.05, 0) is 95.0 Å². The molecule has 0 radical (unpaired) electrons. The molecule has 0 atom stereocenters. The van der Waals surface area contributed by atoms with E-state index in [-0.39, 0.29) is 0 Å². The lowest BCUT2D eigenvalue weighted by atomic mass is 9.67. The Bertz CT molecular complexity index is 3410. The molecule has 1 aliphatic carbocycles. The number of benzene rings is 10. The van der Waals surface area contributed by atoms with E-state index in [1.807, 2.05) is 0 Å². The van der Waals surface area contributed by atoms with Crippen LogP contribution in [0.2, 0.25) is 0 Å². The minimum atomic E-state index is -0.472. The fourth-order valence-corrected chi connectivity index (χ4v) is 10.00. The second kappa shape index (κ2) is 14.1. The zero-order valence-electron chi connectivity index (χ0n) is 33.3. The Labute approximate surface area is 355 Å². The van der Waals surface area contributed by atoms with Gasteiger partial charge in [-0.3, -0.25) is 0 Å². The maximum absolute atomic E-state index is 5.48. The SMILES string of the molecule is c1ccc(-c2ccc(-c3nc(-c4ccc5c(c4)-c4ccccc4C5(c4ccccc4)c4ccccc4)cc(-c4c5ccccc5cc5c4ccc4ccccc45)n3)cc2)cc1. The minimum Gasteiger partial charge on any atom is -0.228 e. The van der Waals surface area contributed by atoms with E-state index in [0.29, 0.717) is 5.82 Å². The molecule has 0 spiro atoms. The monoisotopic (exact) mass is 774 g/mol. The van der Waals surface area contributed by atoms with Crippen molar-refractivity contribution in [3.63, 3.8) is 0 Å². The summed E-state index contributed by atoms with van der Waals surface area (Å²) in [7, 11) is 0. The molecule has 0 saturated heterocycles. The van der Waals surface area contributed by atoms with Crippen LogP contribution >= 0.6 is 0 Å². The summed E-state index contributed by atoms with van der Waals surface area (Å²) < 4.78 is 0. The predicted octanol–water partition coefficient (Wildman–Crippen LogP) is 15.0. The number of hydrogen-bond acceptors (Lipinski definition) is 2. The van der Waals surface area contributed by atoms with Crippen LogP contribution in [0.15, 0.2) is 231 Å². The van der Waals surface area contributed by atoms with Crippen LogP contribution in [-0.4, -0.2) is 9.97 Å². The number of hydrogen-bond donors (Lipinski definition) is 0. The molecule has 10 aromatic carbocycles. The molecular formula is C59H38N2. The zero-order valence-corrected chi connectivity index (χ0v) is 33.3. The Balaban J connectivity index is 1.11. The maximum Gasteiger partial charge on any atom is 0.160 e. The molecule has 0 saturated carbocycles. The fourth-order valence-electron chi connectivity index (χ4n) is 10.00. The van der Waals surface area contributed by atoms with Crippen molar-refractivity contribution in [2.24, 2.45) is 0 Å². The number of aromatic nitrogens is 2. The molecule has 2 nitrogen and oxygen atoms in total. The second-order valence-electron chi connectivity index (χ2n) is 16.0. The summed E-state index contributed by atoms with van der Waals surface area (Å²) in [5.41, 5.74) is 14.3. The molecule has 1 aromatic heterocycles. The lowest BCUT2D eigenvalue weighted by molar-refractivity contribution is 0.768. The van der Waals surface area contributed by atoms with E-state index in [1.54, 1.807) is 0 Å². The highest BCUT2D eigenvalue weighted by Gasteiger charge is 2.46. The molecule has 0 fully saturated rings. The van der Waals surface area contributed by atoms with E-state index in [2.05, 4.69) is 231 Å². The first kappa shape index (κ1) is 35.0. The molecule has 1 heterocycles. The van der Waals surface area contributed by atoms with Gasteiger partial charge >= 0.3 is 0 Å². The third-order valence-corrected chi connectivity index (χ3v) is 12.8. The van der Waals surface area contributed by atoms with Crippen LogP contribution < -0.4 is 0 Å². The van der Waals surface area contributed by atoms with Gasteiger partial charge in [-0.15, -0.1) is 0 Å². The first-order valence-corrected chi connectivity index (χ1v) is 21.0. The maximum atomic E-state index is 5.48. The van der Waals surface area contributed by atoms with E-state index >= 15 is 0 Å². The summed E-state index contributed by atoms with van der Waals surface area (Å²) in [4.78, 5) is 10.9. The molecule has 2 heteroatoms. The smallest absolute Gasteiger partial charge is 0.160 e. The molecule has 0 N–H and O–H groups in total. The number of nitrogens with zero attached hydrogens (tertiary/aromatic N) is 2. The summed E-state index contributed by atoms with van der Waals surface area (Å²) in [5, 5.41) is 7.19. The van der Waals surface area contributed by atoms with Crippen molar-refractivity contribution in [3.8, 4) is 56.2 Å². The molecule has 11 aromatic rings. The van der Waals surface area contributed by atoms with E-state index in [9.17, 15) is 0 Å². The van der Waals surface area contributed by atoms with Crippen molar-refractivity contribution in [1.29, 1.82) is 0 Å². The topological polar surface area (TPSA) is 25.8 Å². The largest absolute Gasteiger partial charge is 0.228 e. The van der Waals surface area contributed by atoms with Gasteiger partial charge in [0, 0.05) is 16.7 Å². The van der Waals surface area contributed by atoms with Gasteiger partial charge in [0.15, 0.2) is 5.82 Å². The average molecular weight is 775 g/mol. The normalized spacial score (nSPS) is 12.7. The van der Waals surface area contributed by atoms with Crippen LogP contribution in [0.3, 0.4) is 0 Å². The van der Waals surface area contributed by atoms with Crippen molar-refractivity contribution < 1.29 is 0 Å². The summed E-state index contributed by atoms with van der Waals surface area (Å²) in [5.74, 6) is 0.692. The van der Waals surface area contributed by atoms with Crippen molar-refractivity contribution in [3.05, 3.63) is 253 Å². The first-order chi connectivity index (χ1) is 30.2. The average Bonchev–Trinajstić information content (AvgIpc) is 3.64. The van der Waals surface area contributed by atoms with Crippen molar-refractivity contribution in [2.75, 3.05) is 0 Å². The molecule has 1 aliphatic rings. The highest BCUT2D eigenvalue weighted by atomic mass is 14.9. The summed E-state index contributed by atoms with van der Waals surface area (Å²) >= 11 is 0. The lowest BCUT2D eigenvalue weighted by Crippen LogP contribution is -2.28. The zero-order chi connectivity index (χ0) is 40.3. The highest BCUT2D eigenvalue weighted by molar-refractivity contribution is 6.19. The standard InChI is InChI=1S/C59H38N2/c1-4-16-39(17-5-1)40-28-30-42(31-29-40)58-60-55(38-56(61-58)57-48-25-13-11-19-43(48)36-51-47-24-12-10-18-41(47)32-34-50(51)57)44-33-35-54-52(37-44)49-26-14-15-27-53(49)59(54,45-20-6-2-7-21-45)46-22-8-3-9-23-46/h1-38H. The van der Waals surface area contributed by atoms with Crippen LogP contribution in [0.25, 0.3) is 88.5 Å². The molecule has 0 amide bonds. The number of rotatable bonds is 6. The third-order valence-electron chi connectivity index (χ3n) is 12.8. The van der Waals surface area contributed by atoms with E-state index < -0.39 is 5.41 Å². The molecule has 0 unspecified atom stereocenters. The first-order valence-electron chi connectivity index (χ1n) is 21.0. The van der Waals surface area contributed by atoms with E-state index in [0.717, 1.165) is 33.6 Å². The predicted molar refractivity (Wildman–Crippen MR) is 254 cm³/mol. The van der Waals surface area contributed by atoms with Crippen LogP contribution in [0, 0.1) is 0 Å². The van der Waals surface area contributed by atoms with Crippen LogP contribution in [0.5, 0.6) is 0 Å². The van der Waals surface area contributed by atoms with E-state index in [4.69, 9.17) is 9.97 Å². The highest BCUT2D eigenvalue weighted by Crippen LogP contribution is 2.56. The number of fused-ring (bicyclic) bond motifs is 7. The summed E-state index contributed by atoms with van der Waals surface area (Å²) in [6, 6.07) is 83.5. The Morgan fingerprint density at radius 3 is 1.61 bits per heavy atom. The van der Waals surface area contributed by atoms with Crippen molar-refractivity contribution in [2.45, 2.75) is 5.41 Å². The molecule has 12 rings (SSSR count). The third kappa shape index (κ3) is 5.57. The van der Waals surface area contributed by atoms with Gasteiger partial charge < -0.3 is 0 Å². The summed E-state index contributed by atoms with van der Waals surface area (Å²) in [6.07, 6.45) is 0. The van der Waals surface area contributed by atoms with Gasteiger partial charge in [0.25, 0.3) is 0 Å². The second-order valence-corrected chi connectivity index (χ2v) is 16.0. The molecule has 284 valence electrons. The lowest BCUT2D eigenvalue weighted by Gasteiger charge is -2.33. The van der Waals surface area contributed by atoms with Crippen LogP contribution in [0.1, 0.15) is 22.3 Å². The van der Waals surface area contributed by atoms with Gasteiger partial charge in [-0.25, -0.2) is 9.97 Å². The quantitative estimate of drug-likeness (QED) is 0.124. The van der Waals surface area contributed by atoms with Gasteiger partial charge in [0.1, 0.15) is 0 Å². The van der Waals surface area contributed by atoms with Gasteiger partial charge in [-0.1, -0.05) is 212 Å². The van der Waals surface area contributed by atoms with Gasteiger partial charge in [0.05, 0.1) is 16.8 Å². The molecule has 0 bridgehead atoms. The Kier molecular flexibility index (Phi) is 8.11. The van der Waals surface area contributed by atoms with E-state index in [1.165, 1.54) is 71.3 Å². The molecular weight excluding hydrogens is 737 g/mol. The Morgan fingerprint density at radius 2 is 0.852 bits per heavy atom. The summed E-state index contributed by atoms with van der Waals surface area (Å²) in [6.45, 7) is 0. The fraction of sp³-hybridized carbons (Fsp3) is 0.0169. The van der Waals surface area contributed by atoms with Crippen LogP contribution in [-0.2, 0) is 5.41 Å². The van der Waals surface area contributed by atoms with Gasteiger partial charge in [0.2, 0.25) is 0 Å². The Morgan fingerprint density at radius 1 is 0.295 bits per heavy atom. The van der Waals surface area contributed by atoms with Gasteiger partial charge in [-0.2, -0.15) is 0 Å². The van der Waals surface area contributed by atoms with Crippen LogP contribution in [0.4, 0.5) is 0 Å². The molecule has 61 heavy (non-hydrogen) atoms. The van der Waals surface area contributed by atoms with Crippen molar-refractivity contribution >= 4 is 32.3 Å².